The maximum atomic E-state index is 13.8. The van der Waals surface area contributed by atoms with Crippen LogP contribution in [0.15, 0.2) is 34.8 Å². The van der Waals surface area contributed by atoms with Gasteiger partial charge in [-0.1, -0.05) is 11.6 Å². The van der Waals surface area contributed by atoms with Crippen molar-refractivity contribution in [2.45, 2.75) is 6.10 Å². The van der Waals surface area contributed by atoms with Gasteiger partial charge in [0.1, 0.15) is 23.6 Å². The maximum Gasteiger partial charge on any atom is 0.146 e. The van der Waals surface area contributed by atoms with Crippen molar-refractivity contribution in [2.75, 3.05) is 0 Å². The van der Waals surface area contributed by atoms with Crippen molar-refractivity contribution in [2.24, 2.45) is 0 Å². The number of aliphatic hydroxyl groups excluding tert-OH is 1. The molecule has 0 amide bonds. The van der Waals surface area contributed by atoms with Crippen molar-refractivity contribution in [3.05, 3.63) is 68.4 Å². The van der Waals surface area contributed by atoms with Gasteiger partial charge in [0.05, 0.1) is 10.0 Å². The molecule has 1 N–H and O–H groups in total. The summed E-state index contributed by atoms with van der Waals surface area (Å²) in [6.07, 6.45) is -1.65. The van der Waals surface area contributed by atoms with Crippen LogP contribution >= 0.6 is 27.5 Å². The molecule has 19 heavy (non-hydrogen) atoms. The number of aliphatic hydroxyl groups is 1. The van der Waals surface area contributed by atoms with E-state index in [0.29, 0.717) is 0 Å². The average molecular weight is 352 g/mol. The molecule has 0 fully saturated rings. The van der Waals surface area contributed by atoms with Gasteiger partial charge >= 0.3 is 0 Å². The molecular formula is C13H7BrClF3O. The molecule has 0 aromatic heterocycles. The van der Waals surface area contributed by atoms with Gasteiger partial charge in [0.15, 0.2) is 0 Å². The Labute approximate surface area is 120 Å². The molecule has 1 unspecified atom stereocenters. The van der Waals surface area contributed by atoms with E-state index < -0.39 is 29.1 Å². The topological polar surface area (TPSA) is 20.2 Å². The van der Waals surface area contributed by atoms with E-state index >= 15 is 0 Å². The Hall–Kier alpha value is -1.04. The van der Waals surface area contributed by atoms with E-state index in [1.54, 1.807) is 0 Å². The van der Waals surface area contributed by atoms with Gasteiger partial charge in [0.25, 0.3) is 0 Å². The van der Waals surface area contributed by atoms with Gasteiger partial charge in [-0.15, -0.1) is 0 Å². The summed E-state index contributed by atoms with van der Waals surface area (Å²) in [4.78, 5) is 0. The monoisotopic (exact) mass is 350 g/mol. The lowest BCUT2D eigenvalue weighted by molar-refractivity contribution is 0.208. The van der Waals surface area contributed by atoms with Crippen molar-refractivity contribution < 1.29 is 18.3 Å². The summed E-state index contributed by atoms with van der Waals surface area (Å²) in [6.45, 7) is 0. The molecule has 0 bridgehead atoms. The van der Waals surface area contributed by atoms with Crippen molar-refractivity contribution >= 4 is 27.5 Å². The Morgan fingerprint density at radius 2 is 1.79 bits per heavy atom. The number of hydrogen-bond acceptors (Lipinski definition) is 1. The molecule has 2 aromatic carbocycles. The third kappa shape index (κ3) is 2.94. The molecule has 0 saturated carbocycles. The van der Waals surface area contributed by atoms with E-state index in [0.717, 1.165) is 18.2 Å². The maximum absolute atomic E-state index is 13.8. The third-order valence-electron chi connectivity index (χ3n) is 2.55. The van der Waals surface area contributed by atoms with Gasteiger partial charge < -0.3 is 5.11 Å². The van der Waals surface area contributed by atoms with Crippen molar-refractivity contribution in [1.82, 2.24) is 0 Å². The zero-order valence-electron chi connectivity index (χ0n) is 9.30. The molecule has 0 spiro atoms. The Kier molecular flexibility index (Phi) is 4.18. The zero-order chi connectivity index (χ0) is 14.2. The van der Waals surface area contributed by atoms with E-state index in [1.165, 1.54) is 12.1 Å². The van der Waals surface area contributed by atoms with Crippen molar-refractivity contribution in [1.29, 1.82) is 0 Å². The highest BCUT2D eigenvalue weighted by Crippen LogP contribution is 2.32. The number of hydrogen-bond donors (Lipinski definition) is 1. The first-order valence-corrected chi connectivity index (χ1v) is 6.34. The Morgan fingerprint density at radius 3 is 2.42 bits per heavy atom. The molecule has 1 nitrogen and oxygen atoms in total. The van der Waals surface area contributed by atoms with Crippen LogP contribution in [0.3, 0.4) is 0 Å². The highest BCUT2D eigenvalue weighted by atomic mass is 79.9. The second-order valence-corrected chi connectivity index (χ2v) is 5.15. The van der Waals surface area contributed by atoms with E-state index in [4.69, 9.17) is 11.6 Å². The fourth-order valence-corrected chi connectivity index (χ4v) is 2.27. The number of rotatable bonds is 2. The minimum absolute atomic E-state index is 0.00505. The number of benzene rings is 2. The molecule has 6 heteroatoms. The molecule has 0 saturated heterocycles. The van der Waals surface area contributed by atoms with Crippen LogP contribution in [0.25, 0.3) is 0 Å². The molecular weight excluding hydrogens is 344 g/mol. The first-order valence-electron chi connectivity index (χ1n) is 5.17. The fraction of sp³-hybridized carbons (Fsp3) is 0.0769. The van der Waals surface area contributed by atoms with E-state index in [2.05, 4.69) is 15.9 Å². The molecule has 0 aliphatic heterocycles. The lowest BCUT2D eigenvalue weighted by atomic mass is 10.0. The predicted octanol–water partition coefficient (Wildman–Crippen LogP) is 4.60. The van der Waals surface area contributed by atoms with Crippen LogP contribution in [0.5, 0.6) is 0 Å². The summed E-state index contributed by atoms with van der Waals surface area (Å²) in [5, 5.41) is 10.0. The van der Waals surface area contributed by atoms with Gasteiger partial charge in [0.2, 0.25) is 0 Å². The van der Waals surface area contributed by atoms with Gasteiger partial charge in [0, 0.05) is 5.02 Å². The zero-order valence-corrected chi connectivity index (χ0v) is 11.6. The molecule has 0 aliphatic carbocycles. The predicted molar refractivity (Wildman–Crippen MR) is 69.5 cm³/mol. The molecule has 0 radical (unpaired) electrons. The van der Waals surface area contributed by atoms with Crippen LogP contribution < -0.4 is 0 Å². The summed E-state index contributed by atoms with van der Waals surface area (Å²) in [6, 6.07) is 5.43. The van der Waals surface area contributed by atoms with Crippen LogP contribution in [-0.2, 0) is 0 Å². The van der Waals surface area contributed by atoms with Crippen LogP contribution in [0, 0.1) is 17.5 Å². The first-order chi connectivity index (χ1) is 8.90. The minimum Gasteiger partial charge on any atom is -0.383 e. The van der Waals surface area contributed by atoms with Crippen LogP contribution in [0.4, 0.5) is 13.2 Å². The van der Waals surface area contributed by atoms with Gasteiger partial charge in [-0.05, 0) is 51.8 Å². The summed E-state index contributed by atoms with van der Waals surface area (Å²) < 4.78 is 40.6. The highest BCUT2D eigenvalue weighted by Gasteiger charge is 2.22. The van der Waals surface area contributed by atoms with Crippen LogP contribution in [0.2, 0.25) is 5.02 Å². The number of halogens is 5. The lowest BCUT2D eigenvalue weighted by Gasteiger charge is -2.14. The molecule has 2 aromatic rings. The Balaban J connectivity index is 2.55. The van der Waals surface area contributed by atoms with Crippen molar-refractivity contribution in [3.8, 4) is 0 Å². The van der Waals surface area contributed by atoms with Gasteiger partial charge in [-0.2, -0.15) is 0 Å². The smallest absolute Gasteiger partial charge is 0.146 e. The SMILES string of the molecule is OC(c1cc(F)cc(Cl)c1)c1c(F)ccc(Br)c1F. The van der Waals surface area contributed by atoms with E-state index in [-0.39, 0.29) is 15.1 Å². The molecule has 0 aliphatic rings. The largest absolute Gasteiger partial charge is 0.383 e. The third-order valence-corrected chi connectivity index (χ3v) is 3.38. The van der Waals surface area contributed by atoms with Crippen LogP contribution in [-0.4, -0.2) is 5.11 Å². The quantitative estimate of drug-likeness (QED) is 0.784. The second kappa shape index (κ2) is 5.53. The standard InChI is InChI=1S/C13H7BrClF3O/c14-9-1-2-10(17)11(12(9)18)13(19)6-3-7(15)5-8(16)4-6/h1-5,13,19H. The molecule has 0 heterocycles. The van der Waals surface area contributed by atoms with Crippen molar-refractivity contribution in [3.63, 3.8) is 0 Å². The average Bonchev–Trinajstić information content (AvgIpc) is 2.33. The molecule has 100 valence electrons. The summed E-state index contributed by atoms with van der Waals surface area (Å²) >= 11 is 8.54. The Bertz CT molecular complexity index is 613. The fourth-order valence-electron chi connectivity index (χ4n) is 1.69. The highest BCUT2D eigenvalue weighted by molar-refractivity contribution is 9.10. The Morgan fingerprint density at radius 1 is 1.11 bits per heavy atom. The van der Waals surface area contributed by atoms with Gasteiger partial charge in [-0.25, -0.2) is 13.2 Å². The normalized spacial score (nSPS) is 12.5. The summed E-state index contributed by atoms with van der Waals surface area (Å²) in [7, 11) is 0. The summed E-state index contributed by atoms with van der Waals surface area (Å²) in [5.74, 6) is -2.56. The summed E-state index contributed by atoms with van der Waals surface area (Å²) in [5.41, 5.74) is -0.586. The minimum atomic E-state index is -1.65. The van der Waals surface area contributed by atoms with E-state index in [9.17, 15) is 18.3 Å². The van der Waals surface area contributed by atoms with Gasteiger partial charge in [-0.3, -0.25) is 0 Å². The lowest BCUT2D eigenvalue weighted by Crippen LogP contribution is -2.07. The van der Waals surface area contributed by atoms with E-state index in [1.807, 2.05) is 0 Å². The molecule has 2 rings (SSSR count). The molecule has 1 atom stereocenters. The van der Waals surface area contributed by atoms with Crippen LogP contribution in [0.1, 0.15) is 17.2 Å². The first kappa shape index (κ1) is 14.4. The second-order valence-electron chi connectivity index (χ2n) is 3.86.